The van der Waals surface area contributed by atoms with E-state index in [0.29, 0.717) is 0 Å². The zero-order valence-electron chi connectivity index (χ0n) is 15.5. The number of aliphatic imine (C=N–C) groups is 1. The lowest BCUT2D eigenvalue weighted by molar-refractivity contribution is -0.00833. The second-order valence-electron chi connectivity index (χ2n) is 6.43. The van der Waals surface area contributed by atoms with Gasteiger partial charge in [0, 0.05) is 49.4 Å². The zero-order chi connectivity index (χ0) is 17.3. The van der Waals surface area contributed by atoms with Crippen LogP contribution in [0.3, 0.4) is 0 Å². The topological polar surface area (TPSA) is 48.9 Å². The van der Waals surface area contributed by atoms with E-state index in [0.717, 1.165) is 51.1 Å². The lowest BCUT2D eigenvalue weighted by Crippen LogP contribution is -2.56. The van der Waals surface area contributed by atoms with Gasteiger partial charge in [0.1, 0.15) is 0 Å². The molecule has 0 aromatic heterocycles. The molecule has 1 aromatic carbocycles. The standard InChI is InChI=1S/C18H30N4OS.HI/c1-18(2,22-10-12-23-13-11-22)15-21-17(19-3)20-9-14-24-16-7-5-4-6-8-16;/h4-8H,9-15H2,1-3H3,(H2,19,20,21);1H. The SMILES string of the molecule is CN=C(NCCSc1ccccc1)NCC(C)(C)N1CCOCC1.I. The second-order valence-corrected chi connectivity index (χ2v) is 7.59. The zero-order valence-corrected chi connectivity index (χ0v) is 18.6. The molecule has 5 nitrogen and oxygen atoms in total. The van der Waals surface area contributed by atoms with Crippen molar-refractivity contribution in [2.75, 3.05) is 52.2 Å². The normalized spacial score (nSPS) is 16.2. The molecule has 2 rings (SSSR count). The van der Waals surface area contributed by atoms with E-state index in [1.165, 1.54) is 4.90 Å². The van der Waals surface area contributed by atoms with Crippen molar-refractivity contribution in [3.8, 4) is 0 Å². The van der Waals surface area contributed by atoms with Gasteiger partial charge in [0.2, 0.25) is 0 Å². The summed E-state index contributed by atoms with van der Waals surface area (Å²) in [6.07, 6.45) is 0. The number of rotatable bonds is 7. The van der Waals surface area contributed by atoms with Gasteiger partial charge < -0.3 is 15.4 Å². The fraction of sp³-hybridized carbons (Fsp3) is 0.611. The van der Waals surface area contributed by atoms with Crippen LogP contribution < -0.4 is 10.6 Å². The molecule has 0 saturated carbocycles. The first-order valence-corrected chi connectivity index (χ1v) is 9.55. The van der Waals surface area contributed by atoms with Gasteiger partial charge >= 0.3 is 0 Å². The van der Waals surface area contributed by atoms with Crippen LogP contribution in [0.5, 0.6) is 0 Å². The number of halogens is 1. The Morgan fingerprint density at radius 2 is 1.88 bits per heavy atom. The number of nitrogens with one attached hydrogen (secondary N) is 2. The Kier molecular flexibility index (Phi) is 10.8. The predicted octanol–water partition coefficient (Wildman–Crippen LogP) is 2.67. The summed E-state index contributed by atoms with van der Waals surface area (Å²) in [5.41, 5.74) is 0.0835. The average molecular weight is 478 g/mol. The van der Waals surface area contributed by atoms with E-state index in [1.807, 2.05) is 24.9 Å². The molecule has 0 spiro atoms. The average Bonchev–Trinajstić information content (AvgIpc) is 2.63. The van der Waals surface area contributed by atoms with Crippen molar-refractivity contribution in [1.29, 1.82) is 0 Å². The number of hydrogen-bond donors (Lipinski definition) is 2. The Labute approximate surface area is 173 Å². The third-order valence-corrected chi connectivity index (χ3v) is 5.20. The summed E-state index contributed by atoms with van der Waals surface area (Å²) in [5, 5.41) is 6.84. The molecule has 1 aromatic rings. The summed E-state index contributed by atoms with van der Waals surface area (Å²) >= 11 is 1.85. The van der Waals surface area contributed by atoms with Gasteiger partial charge in [-0.3, -0.25) is 9.89 Å². The van der Waals surface area contributed by atoms with Crippen molar-refractivity contribution in [1.82, 2.24) is 15.5 Å². The predicted molar refractivity (Wildman–Crippen MR) is 118 cm³/mol. The van der Waals surface area contributed by atoms with Crippen LogP contribution in [0.2, 0.25) is 0 Å². The summed E-state index contributed by atoms with van der Waals surface area (Å²) < 4.78 is 5.44. The Hall–Kier alpha value is -0.510. The van der Waals surface area contributed by atoms with Crippen molar-refractivity contribution >= 4 is 41.7 Å². The minimum atomic E-state index is 0. The smallest absolute Gasteiger partial charge is 0.191 e. The van der Waals surface area contributed by atoms with E-state index in [4.69, 9.17) is 4.74 Å². The van der Waals surface area contributed by atoms with Crippen molar-refractivity contribution < 1.29 is 4.74 Å². The van der Waals surface area contributed by atoms with Crippen LogP contribution in [0, 0.1) is 0 Å². The summed E-state index contributed by atoms with van der Waals surface area (Å²) in [7, 11) is 1.82. The minimum Gasteiger partial charge on any atom is -0.379 e. The van der Waals surface area contributed by atoms with Gasteiger partial charge in [-0.15, -0.1) is 35.7 Å². The lowest BCUT2D eigenvalue weighted by atomic mass is 10.0. The van der Waals surface area contributed by atoms with Gasteiger partial charge in [0.15, 0.2) is 5.96 Å². The van der Waals surface area contributed by atoms with Crippen LogP contribution in [0.4, 0.5) is 0 Å². The monoisotopic (exact) mass is 478 g/mol. The molecule has 1 saturated heterocycles. The van der Waals surface area contributed by atoms with Crippen LogP contribution in [-0.4, -0.2) is 68.6 Å². The van der Waals surface area contributed by atoms with E-state index in [9.17, 15) is 0 Å². The van der Waals surface area contributed by atoms with Gasteiger partial charge in [-0.2, -0.15) is 0 Å². The Morgan fingerprint density at radius 3 is 2.52 bits per heavy atom. The van der Waals surface area contributed by atoms with Crippen LogP contribution in [0.1, 0.15) is 13.8 Å². The number of nitrogens with zero attached hydrogens (tertiary/aromatic N) is 2. The van der Waals surface area contributed by atoms with Crippen LogP contribution in [-0.2, 0) is 4.74 Å². The fourth-order valence-electron chi connectivity index (χ4n) is 2.66. The highest BCUT2D eigenvalue weighted by Crippen LogP contribution is 2.16. The van der Waals surface area contributed by atoms with Crippen LogP contribution in [0.25, 0.3) is 0 Å². The molecule has 1 fully saturated rings. The number of ether oxygens (including phenoxy) is 1. The molecule has 1 aliphatic rings. The van der Waals surface area contributed by atoms with Crippen molar-refractivity contribution in [3.05, 3.63) is 30.3 Å². The Bertz CT molecular complexity index is 507. The highest BCUT2D eigenvalue weighted by molar-refractivity contribution is 14.0. The van der Waals surface area contributed by atoms with E-state index in [1.54, 1.807) is 0 Å². The molecule has 0 unspecified atom stereocenters. The third-order valence-electron chi connectivity index (χ3n) is 4.19. The van der Waals surface area contributed by atoms with Crippen LogP contribution >= 0.6 is 35.7 Å². The molecule has 1 aliphatic heterocycles. The molecule has 2 N–H and O–H groups in total. The number of morpholine rings is 1. The van der Waals surface area contributed by atoms with E-state index in [-0.39, 0.29) is 29.5 Å². The number of thioether (sulfide) groups is 1. The maximum absolute atomic E-state index is 5.44. The van der Waals surface area contributed by atoms with Crippen LogP contribution in [0.15, 0.2) is 40.2 Å². The maximum Gasteiger partial charge on any atom is 0.191 e. The largest absolute Gasteiger partial charge is 0.379 e. The summed E-state index contributed by atoms with van der Waals surface area (Å²) in [6.45, 7) is 9.92. The first-order valence-electron chi connectivity index (χ1n) is 8.57. The van der Waals surface area contributed by atoms with E-state index >= 15 is 0 Å². The number of guanidine groups is 1. The quantitative estimate of drug-likeness (QED) is 0.208. The van der Waals surface area contributed by atoms with Crippen molar-refractivity contribution in [2.24, 2.45) is 4.99 Å². The van der Waals surface area contributed by atoms with Gasteiger partial charge in [-0.05, 0) is 26.0 Å². The molecular formula is C18H31IN4OS. The minimum absolute atomic E-state index is 0. The first-order chi connectivity index (χ1) is 11.6. The lowest BCUT2D eigenvalue weighted by Gasteiger charge is -2.41. The third kappa shape index (κ3) is 8.15. The van der Waals surface area contributed by atoms with Crippen molar-refractivity contribution in [3.63, 3.8) is 0 Å². The van der Waals surface area contributed by atoms with Gasteiger partial charge in [-0.25, -0.2) is 0 Å². The number of benzene rings is 1. The first kappa shape index (κ1) is 22.5. The molecule has 0 amide bonds. The fourth-order valence-corrected chi connectivity index (χ4v) is 3.45. The van der Waals surface area contributed by atoms with Gasteiger partial charge in [0.25, 0.3) is 0 Å². The van der Waals surface area contributed by atoms with Gasteiger partial charge in [-0.1, -0.05) is 18.2 Å². The van der Waals surface area contributed by atoms with E-state index in [2.05, 4.69) is 58.6 Å². The maximum atomic E-state index is 5.44. The molecule has 0 aliphatic carbocycles. The Balaban J connectivity index is 0.00000312. The highest BCUT2D eigenvalue weighted by atomic mass is 127. The molecule has 25 heavy (non-hydrogen) atoms. The van der Waals surface area contributed by atoms with E-state index < -0.39 is 0 Å². The Morgan fingerprint density at radius 1 is 1.20 bits per heavy atom. The van der Waals surface area contributed by atoms with Crippen molar-refractivity contribution in [2.45, 2.75) is 24.3 Å². The second kappa shape index (κ2) is 12.0. The molecule has 0 bridgehead atoms. The summed E-state index contributed by atoms with van der Waals surface area (Å²) in [6, 6.07) is 10.5. The molecule has 7 heteroatoms. The van der Waals surface area contributed by atoms with Gasteiger partial charge in [0.05, 0.1) is 13.2 Å². The number of hydrogen-bond acceptors (Lipinski definition) is 4. The molecule has 1 heterocycles. The summed E-state index contributed by atoms with van der Waals surface area (Å²) in [4.78, 5) is 8.10. The molecular weight excluding hydrogens is 447 g/mol. The highest BCUT2D eigenvalue weighted by Gasteiger charge is 2.28. The summed E-state index contributed by atoms with van der Waals surface area (Å²) in [5.74, 6) is 1.88. The molecule has 142 valence electrons. The molecule has 0 atom stereocenters. The molecule has 0 radical (unpaired) electrons.